The zero-order valence-corrected chi connectivity index (χ0v) is 18.2. The maximum Gasteiger partial charge on any atom is 0.200 e. The van der Waals surface area contributed by atoms with Crippen LogP contribution in [0.25, 0.3) is 22.1 Å². The normalized spacial score (nSPS) is 11.9. The maximum absolute atomic E-state index is 13.2. The molecule has 0 aliphatic carbocycles. The molecule has 2 aromatic carbocycles. The fourth-order valence-electron chi connectivity index (χ4n) is 3.73. The predicted octanol–water partition coefficient (Wildman–Crippen LogP) is 5.93. The van der Waals surface area contributed by atoms with E-state index in [1.165, 1.54) is 6.26 Å². The summed E-state index contributed by atoms with van der Waals surface area (Å²) in [6, 6.07) is 10.4. The number of phenolic OH excluding ortho intramolecular Hbond substituents is 1. The van der Waals surface area contributed by atoms with Crippen molar-refractivity contribution >= 4 is 22.6 Å². The molecule has 0 spiro atoms. The molecule has 1 aromatic heterocycles. The predicted molar refractivity (Wildman–Crippen MR) is 120 cm³/mol. The fourth-order valence-corrected chi connectivity index (χ4v) is 3.96. The minimum Gasteiger partial charge on any atom is -0.507 e. The van der Waals surface area contributed by atoms with Gasteiger partial charge in [-0.1, -0.05) is 57.5 Å². The molecule has 3 rings (SSSR count). The number of hydrogen-bond donors (Lipinski definition) is 1. The van der Waals surface area contributed by atoms with Crippen molar-refractivity contribution in [3.63, 3.8) is 0 Å². The summed E-state index contributed by atoms with van der Waals surface area (Å²) in [5.74, 6) is 1.12. The van der Waals surface area contributed by atoms with Crippen LogP contribution < -0.4 is 5.43 Å². The first-order valence-electron chi connectivity index (χ1n) is 10.0. The number of benzene rings is 2. The minimum atomic E-state index is -0.153. The number of fused-ring (bicyclic) bond motifs is 1. The third kappa shape index (κ3) is 4.82. The van der Waals surface area contributed by atoms with Crippen LogP contribution in [0.15, 0.2) is 51.9 Å². The largest absolute Gasteiger partial charge is 0.507 e. The molecular weight excluding hydrogens is 386 g/mol. The molecule has 0 radical (unpaired) electrons. The lowest BCUT2D eigenvalue weighted by molar-refractivity contribution is 0.209. The highest BCUT2D eigenvalue weighted by Crippen LogP contribution is 2.31. The Morgan fingerprint density at radius 1 is 1.00 bits per heavy atom. The Morgan fingerprint density at radius 3 is 2.28 bits per heavy atom. The molecular formula is C24H28ClNO3. The monoisotopic (exact) mass is 413 g/mol. The molecule has 29 heavy (non-hydrogen) atoms. The molecule has 5 heteroatoms. The summed E-state index contributed by atoms with van der Waals surface area (Å²) in [5, 5.41) is 11.5. The number of aromatic hydroxyl groups is 1. The molecule has 0 aliphatic rings. The Labute approximate surface area is 176 Å². The van der Waals surface area contributed by atoms with E-state index in [-0.39, 0.29) is 11.2 Å². The number of halogens is 1. The van der Waals surface area contributed by atoms with E-state index in [0.29, 0.717) is 51.1 Å². The van der Waals surface area contributed by atoms with Crippen molar-refractivity contribution in [2.45, 2.75) is 34.2 Å². The second-order valence-corrected chi connectivity index (χ2v) is 8.79. The van der Waals surface area contributed by atoms with Gasteiger partial charge < -0.3 is 9.52 Å². The third-order valence-electron chi connectivity index (χ3n) is 4.81. The van der Waals surface area contributed by atoms with Crippen molar-refractivity contribution in [1.29, 1.82) is 0 Å². The van der Waals surface area contributed by atoms with Crippen molar-refractivity contribution in [1.82, 2.24) is 4.90 Å². The van der Waals surface area contributed by atoms with Crippen LogP contribution in [0.5, 0.6) is 5.75 Å². The van der Waals surface area contributed by atoms with Gasteiger partial charge in [-0.05, 0) is 30.0 Å². The van der Waals surface area contributed by atoms with Gasteiger partial charge in [-0.25, -0.2) is 0 Å². The fraction of sp³-hybridized carbons (Fsp3) is 0.375. The first-order valence-corrected chi connectivity index (χ1v) is 10.4. The average molecular weight is 414 g/mol. The van der Waals surface area contributed by atoms with Gasteiger partial charge >= 0.3 is 0 Å². The van der Waals surface area contributed by atoms with Crippen LogP contribution in [0, 0.1) is 11.8 Å². The molecule has 0 amide bonds. The summed E-state index contributed by atoms with van der Waals surface area (Å²) in [6.45, 7) is 11.0. The molecule has 4 nitrogen and oxygen atoms in total. The van der Waals surface area contributed by atoms with Crippen LogP contribution >= 0.6 is 11.6 Å². The summed E-state index contributed by atoms with van der Waals surface area (Å²) >= 11 is 6.28. The molecule has 0 fully saturated rings. The van der Waals surface area contributed by atoms with E-state index < -0.39 is 0 Å². The van der Waals surface area contributed by atoms with Gasteiger partial charge in [0, 0.05) is 30.2 Å². The molecule has 0 atom stereocenters. The van der Waals surface area contributed by atoms with Gasteiger partial charge in [-0.2, -0.15) is 0 Å². The lowest BCUT2D eigenvalue weighted by atomic mass is 10.0. The maximum atomic E-state index is 13.2. The highest BCUT2D eigenvalue weighted by molar-refractivity contribution is 6.33. The summed E-state index contributed by atoms with van der Waals surface area (Å²) in [7, 11) is 0. The van der Waals surface area contributed by atoms with Crippen LogP contribution in [0.1, 0.15) is 33.3 Å². The zero-order chi connectivity index (χ0) is 21.1. The molecule has 0 unspecified atom stereocenters. The Morgan fingerprint density at radius 2 is 1.66 bits per heavy atom. The summed E-state index contributed by atoms with van der Waals surface area (Å²) in [5.41, 5.74) is 1.98. The van der Waals surface area contributed by atoms with Crippen molar-refractivity contribution in [3.05, 3.63) is 63.5 Å². The molecule has 0 aliphatic heterocycles. The van der Waals surface area contributed by atoms with Gasteiger partial charge in [0.15, 0.2) is 0 Å². The van der Waals surface area contributed by atoms with Crippen molar-refractivity contribution in [2.75, 3.05) is 13.1 Å². The highest BCUT2D eigenvalue weighted by Gasteiger charge is 2.19. The van der Waals surface area contributed by atoms with Gasteiger partial charge in [0.05, 0.1) is 16.5 Å². The van der Waals surface area contributed by atoms with Crippen molar-refractivity contribution < 1.29 is 9.52 Å². The highest BCUT2D eigenvalue weighted by atomic mass is 35.5. The van der Waals surface area contributed by atoms with Gasteiger partial charge in [-0.3, -0.25) is 9.69 Å². The van der Waals surface area contributed by atoms with E-state index >= 15 is 0 Å². The van der Waals surface area contributed by atoms with E-state index in [4.69, 9.17) is 16.0 Å². The third-order valence-corrected chi connectivity index (χ3v) is 5.14. The molecule has 0 bridgehead atoms. The molecule has 1 heterocycles. The molecule has 154 valence electrons. The number of phenols is 1. The zero-order valence-electron chi connectivity index (χ0n) is 17.4. The van der Waals surface area contributed by atoms with Crippen LogP contribution in [-0.2, 0) is 6.54 Å². The number of hydrogen-bond acceptors (Lipinski definition) is 4. The van der Waals surface area contributed by atoms with Gasteiger partial charge in [0.2, 0.25) is 5.43 Å². The van der Waals surface area contributed by atoms with E-state index in [9.17, 15) is 9.90 Å². The second-order valence-electron chi connectivity index (χ2n) is 8.38. The average Bonchev–Trinajstić information content (AvgIpc) is 2.64. The van der Waals surface area contributed by atoms with Crippen molar-refractivity contribution in [3.8, 4) is 16.9 Å². The smallest absolute Gasteiger partial charge is 0.200 e. The number of rotatable bonds is 7. The van der Waals surface area contributed by atoms with E-state index in [1.807, 2.05) is 12.1 Å². The lowest BCUT2D eigenvalue weighted by Gasteiger charge is -2.26. The topological polar surface area (TPSA) is 53.7 Å². The van der Waals surface area contributed by atoms with Crippen LogP contribution in [0.2, 0.25) is 5.02 Å². The standard InChI is InChI=1S/C24H28ClNO3/c1-15(2)11-26(12-16(3)4)13-19-22(27)10-9-18-23(28)20(14-29-24(18)19)17-7-5-6-8-21(17)25/h5-10,14-16,27H,11-13H2,1-4H3. The molecule has 1 N–H and O–H groups in total. The Bertz CT molecular complexity index is 1050. The second kappa shape index (κ2) is 9.02. The SMILES string of the molecule is CC(C)CN(Cc1c(O)ccc2c(=O)c(-c3ccccc3Cl)coc12)CC(C)C. The van der Waals surface area contributed by atoms with Crippen molar-refractivity contribution in [2.24, 2.45) is 11.8 Å². The summed E-state index contributed by atoms with van der Waals surface area (Å²) in [4.78, 5) is 15.5. The first kappa shape index (κ1) is 21.4. The minimum absolute atomic E-state index is 0.142. The van der Waals surface area contributed by atoms with Crippen LogP contribution in [-0.4, -0.2) is 23.1 Å². The summed E-state index contributed by atoms with van der Waals surface area (Å²) < 4.78 is 5.91. The lowest BCUT2D eigenvalue weighted by Crippen LogP contribution is -2.31. The molecule has 0 saturated carbocycles. The molecule has 0 saturated heterocycles. The molecule has 3 aromatic rings. The Hall–Kier alpha value is -2.30. The van der Waals surface area contributed by atoms with E-state index in [0.717, 1.165) is 13.1 Å². The Balaban J connectivity index is 2.09. The van der Waals surface area contributed by atoms with Gasteiger partial charge in [0.25, 0.3) is 0 Å². The van der Waals surface area contributed by atoms with Gasteiger partial charge in [-0.15, -0.1) is 0 Å². The van der Waals surface area contributed by atoms with E-state index in [1.54, 1.807) is 24.3 Å². The quantitative estimate of drug-likeness (QED) is 0.521. The van der Waals surface area contributed by atoms with Crippen LogP contribution in [0.3, 0.4) is 0 Å². The summed E-state index contributed by atoms with van der Waals surface area (Å²) in [6.07, 6.45) is 1.45. The van der Waals surface area contributed by atoms with Gasteiger partial charge in [0.1, 0.15) is 17.6 Å². The van der Waals surface area contributed by atoms with Crippen LogP contribution in [0.4, 0.5) is 0 Å². The first-order chi connectivity index (χ1) is 13.8. The Kier molecular flexibility index (Phi) is 6.66. The van der Waals surface area contributed by atoms with E-state index in [2.05, 4.69) is 32.6 Å². The number of nitrogens with zero attached hydrogens (tertiary/aromatic N) is 1.